The Bertz CT molecular complexity index is 1300. The van der Waals surface area contributed by atoms with Gasteiger partial charge in [-0.05, 0) is 55.0 Å². The number of aromatic nitrogens is 4. The number of pyridine rings is 1. The molecule has 0 amide bonds. The van der Waals surface area contributed by atoms with Crippen molar-refractivity contribution in [2.75, 3.05) is 7.11 Å². The van der Waals surface area contributed by atoms with E-state index in [0.717, 1.165) is 33.4 Å². The maximum Gasteiger partial charge on any atom is 0.335 e. The maximum atomic E-state index is 13.6. The Morgan fingerprint density at radius 2 is 2.03 bits per heavy atom. The topological polar surface area (TPSA) is 93.0 Å². The molecular weight excluding hydrogens is 399 g/mol. The van der Waals surface area contributed by atoms with E-state index in [9.17, 15) is 14.3 Å². The lowest BCUT2D eigenvalue weighted by molar-refractivity contribution is -0.175. The number of nitrogens with one attached hydrogen (secondary N) is 1. The Morgan fingerprint density at radius 3 is 2.65 bits per heavy atom. The lowest BCUT2D eigenvalue weighted by Crippen LogP contribution is -2.51. The molecule has 1 fully saturated rings. The molecule has 31 heavy (non-hydrogen) atoms. The van der Waals surface area contributed by atoms with Gasteiger partial charge in [0.15, 0.2) is 11.2 Å². The van der Waals surface area contributed by atoms with Crippen molar-refractivity contribution in [3.63, 3.8) is 0 Å². The lowest BCUT2D eigenvalue weighted by Gasteiger charge is -2.43. The number of halogens is 1. The van der Waals surface area contributed by atoms with Crippen molar-refractivity contribution >= 4 is 28.0 Å². The van der Waals surface area contributed by atoms with Gasteiger partial charge in [-0.2, -0.15) is 5.10 Å². The monoisotopic (exact) mass is 422 g/mol. The van der Waals surface area contributed by atoms with Crippen LogP contribution in [-0.4, -0.2) is 43.5 Å². The first-order valence-electron chi connectivity index (χ1n) is 10.3. The average Bonchev–Trinajstić information content (AvgIpc) is 3.28. The fraction of sp³-hybridized carbons (Fsp3) is 0.348. The van der Waals surface area contributed by atoms with Crippen LogP contribution >= 0.6 is 0 Å². The van der Waals surface area contributed by atoms with E-state index >= 15 is 0 Å². The van der Waals surface area contributed by atoms with Gasteiger partial charge >= 0.3 is 5.97 Å². The van der Waals surface area contributed by atoms with Gasteiger partial charge in [-0.3, -0.25) is 5.10 Å². The van der Waals surface area contributed by atoms with E-state index in [0.29, 0.717) is 18.5 Å². The average molecular weight is 422 g/mol. The second-order valence-corrected chi connectivity index (χ2v) is 8.54. The van der Waals surface area contributed by atoms with E-state index in [1.807, 2.05) is 6.07 Å². The highest BCUT2D eigenvalue weighted by Gasteiger charge is 2.53. The van der Waals surface area contributed by atoms with E-state index in [1.54, 1.807) is 18.3 Å². The van der Waals surface area contributed by atoms with Gasteiger partial charge in [0.1, 0.15) is 5.82 Å². The SMILES string of the molecule is COC1(C(=O)O)CC(c2c(C(C)C)n(-c3ccc(F)cc3)c3cc4cn[nH]c4nc23)C1. The number of benzene rings is 1. The highest BCUT2D eigenvalue weighted by molar-refractivity contribution is 5.94. The first-order valence-corrected chi connectivity index (χ1v) is 10.3. The number of aliphatic carboxylic acids is 1. The van der Waals surface area contributed by atoms with E-state index < -0.39 is 11.6 Å². The molecule has 0 unspecified atom stereocenters. The van der Waals surface area contributed by atoms with Crippen molar-refractivity contribution in [1.29, 1.82) is 0 Å². The van der Waals surface area contributed by atoms with E-state index in [4.69, 9.17) is 9.72 Å². The number of methoxy groups -OCH3 is 1. The van der Waals surface area contributed by atoms with Crippen LogP contribution in [0.3, 0.4) is 0 Å². The third-order valence-corrected chi connectivity index (χ3v) is 6.39. The summed E-state index contributed by atoms with van der Waals surface area (Å²) in [5.74, 6) is -1.12. The summed E-state index contributed by atoms with van der Waals surface area (Å²) < 4.78 is 21.1. The molecule has 8 heteroatoms. The Labute approximate surface area is 177 Å². The number of rotatable bonds is 5. The van der Waals surface area contributed by atoms with Gasteiger partial charge < -0.3 is 14.4 Å². The third kappa shape index (κ3) is 2.85. The number of aromatic amines is 1. The zero-order chi connectivity index (χ0) is 21.9. The van der Waals surface area contributed by atoms with Crippen molar-refractivity contribution in [2.45, 2.75) is 44.1 Å². The number of nitrogens with zero attached hydrogens (tertiary/aromatic N) is 3. The van der Waals surface area contributed by atoms with Crippen molar-refractivity contribution < 1.29 is 19.0 Å². The van der Waals surface area contributed by atoms with Crippen LogP contribution in [0.1, 0.15) is 49.8 Å². The minimum Gasteiger partial charge on any atom is -0.479 e. The van der Waals surface area contributed by atoms with Crippen molar-refractivity contribution in [3.05, 3.63) is 53.6 Å². The number of hydrogen-bond acceptors (Lipinski definition) is 4. The van der Waals surface area contributed by atoms with Crippen LogP contribution in [0.2, 0.25) is 0 Å². The molecule has 2 N–H and O–H groups in total. The Hall–Kier alpha value is -3.26. The normalized spacial score (nSPS) is 21.1. The molecule has 5 rings (SSSR count). The van der Waals surface area contributed by atoms with E-state index in [1.165, 1.54) is 19.2 Å². The van der Waals surface area contributed by atoms with Gasteiger partial charge in [0.2, 0.25) is 0 Å². The fourth-order valence-corrected chi connectivity index (χ4v) is 4.82. The van der Waals surface area contributed by atoms with Crippen molar-refractivity contribution in [2.24, 2.45) is 0 Å². The minimum absolute atomic E-state index is 0.00878. The Balaban J connectivity index is 1.79. The molecular formula is C23H23FN4O3. The summed E-state index contributed by atoms with van der Waals surface area (Å²) in [4.78, 5) is 16.7. The molecule has 0 spiro atoms. The fourth-order valence-electron chi connectivity index (χ4n) is 4.82. The standard InChI is InChI=1S/C23H23FN4O3/c1-12(2)20-18(14-9-23(10-14,31-3)22(29)30)19-17(8-13-11-25-27-21(13)26-19)28(20)16-6-4-15(24)5-7-16/h4-8,11-12,14H,9-10H2,1-3H3,(H,29,30)(H,25,26,27). The number of fused-ring (bicyclic) bond motifs is 2. The Morgan fingerprint density at radius 1 is 1.32 bits per heavy atom. The van der Waals surface area contributed by atoms with Crippen LogP contribution in [0.4, 0.5) is 4.39 Å². The maximum absolute atomic E-state index is 13.6. The summed E-state index contributed by atoms with van der Waals surface area (Å²) in [6.07, 6.45) is 2.48. The van der Waals surface area contributed by atoms with E-state index in [-0.39, 0.29) is 17.7 Å². The number of hydrogen-bond donors (Lipinski definition) is 2. The molecule has 0 atom stereocenters. The predicted octanol–water partition coefficient (Wildman–Crippen LogP) is 4.51. The van der Waals surface area contributed by atoms with Crippen molar-refractivity contribution in [3.8, 4) is 5.69 Å². The molecule has 4 aromatic rings. The molecule has 7 nitrogen and oxygen atoms in total. The molecule has 0 saturated heterocycles. The molecule has 3 aromatic heterocycles. The quantitative estimate of drug-likeness (QED) is 0.494. The summed E-state index contributed by atoms with van der Waals surface area (Å²) in [5, 5.41) is 17.6. The first kappa shape index (κ1) is 19.7. The van der Waals surface area contributed by atoms with Gasteiger partial charge in [0.25, 0.3) is 0 Å². The van der Waals surface area contributed by atoms with Crippen LogP contribution in [0.15, 0.2) is 36.5 Å². The van der Waals surface area contributed by atoms with Gasteiger partial charge in [-0.1, -0.05) is 13.8 Å². The van der Waals surface area contributed by atoms with Crippen LogP contribution in [0.25, 0.3) is 27.8 Å². The number of carboxylic acids is 1. The summed E-state index contributed by atoms with van der Waals surface area (Å²) in [6, 6.07) is 8.42. The molecule has 3 heterocycles. The van der Waals surface area contributed by atoms with Crippen molar-refractivity contribution in [1.82, 2.24) is 19.7 Å². The Kier molecular flexibility index (Phi) is 4.37. The summed E-state index contributed by atoms with van der Waals surface area (Å²) in [6.45, 7) is 4.20. The molecule has 1 saturated carbocycles. The molecule has 1 aromatic carbocycles. The largest absolute Gasteiger partial charge is 0.479 e. The molecule has 0 bridgehead atoms. The smallest absolute Gasteiger partial charge is 0.335 e. The highest BCUT2D eigenvalue weighted by Crippen LogP contribution is 2.51. The van der Waals surface area contributed by atoms with Crippen LogP contribution in [0, 0.1) is 5.82 Å². The van der Waals surface area contributed by atoms with Crippen LogP contribution in [0.5, 0.6) is 0 Å². The zero-order valence-electron chi connectivity index (χ0n) is 17.5. The molecule has 1 aliphatic carbocycles. The highest BCUT2D eigenvalue weighted by atomic mass is 19.1. The molecule has 160 valence electrons. The van der Waals surface area contributed by atoms with Gasteiger partial charge in [-0.15, -0.1) is 0 Å². The summed E-state index contributed by atoms with van der Waals surface area (Å²) in [5.41, 5.74) is 4.13. The second kappa shape index (κ2) is 6.88. The van der Waals surface area contributed by atoms with Gasteiger partial charge in [-0.25, -0.2) is 14.2 Å². The number of carbonyl (C=O) groups is 1. The third-order valence-electron chi connectivity index (χ3n) is 6.39. The lowest BCUT2D eigenvalue weighted by atomic mass is 9.67. The van der Waals surface area contributed by atoms with Gasteiger partial charge in [0.05, 0.1) is 17.2 Å². The summed E-state index contributed by atoms with van der Waals surface area (Å²) in [7, 11) is 1.45. The van der Waals surface area contributed by atoms with Gasteiger partial charge in [0, 0.05) is 29.4 Å². The zero-order valence-corrected chi connectivity index (χ0v) is 17.5. The number of H-pyrrole nitrogens is 1. The van der Waals surface area contributed by atoms with E-state index in [2.05, 4.69) is 28.6 Å². The minimum atomic E-state index is -1.17. The summed E-state index contributed by atoms with van der Waals surface area (Å²) >= 11 is 0. The molecule has 0 aliphatic heterocycles. The second-order valence-electron chi connectivity index (χ2n) is 8.54. The number of carboxylic acid groups (broad SMARTS) is 1. The first-order chi connectivity index (χ1) is 14.8. The molecule has 1 aliphatic rings. The number of ether oxygens (including phenoxy) is 1. The predicted molar refractivity (Wildman–Crippen MR) is 114 cm³/mol. The van der Waals surface area contributed by atoms with Crippen LogP contribution < -0.4 is 0 Å². The molecule has 0 radical (unpaired) electrons. The van der Waals surface area contributed by atoms with Crippen LogP contribution in [-0.2, 0) is 9.53 Å².